The second-order valence-corrected chi connectivity index (χ2v) is 2.43. The van der Waals surface area contributed by atoms with E-state index in [4.69, 9.17) is 22.0 Å². The number of rotatable bonds is 5. The molecule has 1 atom stereocenters. The molecule has 0 spiro atoms. The Balaban J connectivity index is 0. The van der Waals surface area contributed by atoms with Crippen molar-refractivity contribution in [2.75, 3.05) is 6.54 Å². The molecule has 0 aliphatic rings. The molecule has 0 rings (SSSR count). The molecule has 7 N–H and O–H groups in total. The Hall–Kier alpha value is -1.37. The number of nitrogens with one attached hydrogen (secondary N) is 2. The van der Waals surface area contributed by atoms with Crippen LogP contribution in [0, 0.1) is 5.41 Å². The van der Waals surface area contributed by atoms with Crippen LogP contribution in [0.25, 0.3) is 0 Å². The summed E-state index contributed by atoms with van der Waals surface area (Å²) >= 11 is 0. The third-order valence-corrected chi connectivity index (χ3v) is 1.32. The topological polar surface area (TPSA) is 125 Å². The molecule has 6 nitrogen and oxygen atoms in total. The van der Waals surface area contributed by atoms with Crippen molar-refractivity contribution in [2.45, 2.75) is 18.9 Å². The van der Waals surface area contributed by atoms with E-state index >= 15 is 0 Å². The average Bonchev–Trinajstić information content (AvgIpc) is 1.97. The van der Waals surface area contributed by atoms with Crippen molar-refractivity contribution in [1.82, 2.24) is 5.32 Å². The number of hydrogen-bond donors (Lipinski definition) is 5. The summed E-state index contributed by atoms with van der Waals surface area (Å²) in [5, 5.41) is 17.7. The SMILES string of the molecule is F.N=C(N)NCCC[C@H](N)C(=O)O. The van der Waals surface area contributed by atoms with E-state index in [-0.39, 0.29) is 10.7 Å². The molecule has 0 aromatic heterocycles. The third kappa shape index (κ3) is 8.54. The number of hydrogen-bond acceptors (Lipinski definition) is 3. The number of carboxylic acids is 1. The predicted molar refractivity (Wildman–Crippen MR) is 47.3 cm³/mol. The zero-order valence-electron chi connectivity index (χ0n) is 7.12. The van der Waals surface area contributed by atoms with Crippen molar-refractivity contribution < 1.29 is 14.6 Å². The Bertz CT molecular complexity index is 176. The van der Waals surface area contributed by atoms with Crippen molar-refractivity contribution in [3.8, 4) is 0 Å². The molecule has 0 aromatic carbocycles. The van der Waals surface area contributed by atoms with E-state index in [1.807, 2.05) is 0 Å². The highest BCUT2D eigenvalue weighted by Gasteiger charge is 2.09. The number of guanidine groups is 1. The van der Waals surface area contributed by atoms with Crippen LogP contribution in [-0.4, -0.2) is 29.6 Å². The van der Waals surface area contributed by atoms with Gasteiger partial charge in [0.1, 0.15) is 6.04 Å². The highest BCUT2D eigenvalue weighted by molar-refractivity contribution is 5.74. The average molecular weight is 194 g/mol. The molecule has 0 amide bonds. The molecule has 0 aliphatic heterocycles. The van der Waals surface area contributed by atoms with Crippen LogP contribution in [0.4, 0.5) is 4.70 Å². The van der Waals surface area contributed by atoms with Crippen LogP contribution in [0.15, 0.2) is 0 Å². The lowest BCUT2D eigenvalue weighted by molar-refractivity contribution is -0.138. The van der Waals surface area contributed by atoms with Gasteiger partial charge in [0.15, 0.2) is 5.96 Å². The zero-order valence-corrected chi connectivity index (χ0v) is 7.12. The summed E-state index contributed by atoms with van der Waals surface area (Å²) in [7, 11) is 0. The van der Waals surface area contributed by atoms with E-state index in [1.165, 1.54) is 0 Å². The minimum absolute atomic E-state index is 0. The first kappa shape index (κ1) is 14.2. The fourth-order valence-corrected chi connectivity index (χ4v) is 0.669. The summed E-state index contributed by atoms with van der Waals surface area (Å²) in [6.07, 6.45) is 0.975. The smallest absolute Gasteiger partial charge is 0.320 e. The molecule has 0 radical (unpaired) electrons. The third-order valence-electron chi connectivity index (χ3n) is 1.32. The molecule has 78 valence electrons. The maximum atomic E-state index is 10.2. The van der Waals surface area contributed by atoms with Crippen molar-refractivity contribution in [2.24, 2.45) is 11.5 Å². The van der Waals surface area contributed by atoms with Crippen LogP contribution in [-0.2, 0) is 4.79 Å². The van der Waals surface area contributed by atoms with Crippen LogP contribution in [0.3, 0.4) is 0 Å². The maximum absolute atomic E-state index is 10.2. The molecule has 0 saturated heterocycles. The first-order valence-electron chi connectivity index (χ1n) is 3.60. The van der Waals surface area contributed by atoms with Gasteiger partial charge in [-0.25, -0.2) is 0 Å². The Kier molecular flexibility index (Phi) is 7.94. The van der Waals surface area contributed by atoms with Gasteiger partial charge in [-0.15, -0.1) is 0 Å². The Labute approximate surface area is 75.2 Å². The summed E-state index contributed by atoms with van der Waals surface area (Å²) in [4.78, 5) is 10.2. The molecule has 0 bridgehead atoms. The molecular formula is C6H15FN4O2. The molecule has 7 heteroatoms. The molecule has 0 aliphatic carbocycles. The molecule has 0 fully saturated rings. The van der Waals surface area contributed by atoms with E-state index in [1.54, 1.807) is 0 Å². The van der Waals surface area contributed by atoms with Crippen LogP contribution in [0.5, 0.6) is 0 Å². The molecule has 0 unspecified atom stereocenters. The normalized spacial score (nSPS) is 11.2. The van der Waals surface area contributed by atoms with Gasteiger partial charge in [-0.05, 0) is 12.8 Å². The van der Waals surface area contributed by atoms with Crippen molar-refractivity contribution >= 4 is 11.9 Å². The van der Waals surface area contributed by atoms with Crippen LogP contribution >= 0.6 is 0 Å². The van der Waals surface area contributed by atoms with Gasteiger partial charge in [0.2, 0.25) is 0 Å². The quantitative estimate of drug-likeness (QED) is 0.214. The lowest BCUT2D eigenvalue weighted by Gasteiger charge is -2.06. The molecule has 13 heavy (non-hydrogen) atoms. The van der Waals surface area contributed by atoms with Crippen molar-refractivity contribution in [3.63, 3.8) is 0 Å². The zero-order chi connectivity index (χ0) is 9.56. The van der Waals surface area contributed by atoms with E-state index in [0.29, 0.717) is 19.4 Å². The molecular weight excluding hydrogens is 179 g/mol. The molecule has 0 aromatic rings. The second kappa shape index (κ2) is 7.29. The summed E-state index contributed by atoms with van der Waals surface area (Å²) in [6, 6.07) is -0.821. The van der Waals surface area contributed by atoms with E-state index in [9.17, 15) is 4.79 Å². The fourth-order valence-electron chi connectivity index (χ4n) is 0.669. The minimum atomic E-state index is -1.00. The van der Waals surface area contributed by atoms with Gasteiger partial charge in [0.05, 0.1) is 0 Å². The van der Waals surface area contributed by atoms with Crippen LogP contribution in [0.2, 0.25) is 0 Å². The predicted octanol–water partition coefficient (Wildman–Crippen LogP) is -1.19. The van der Waals surface area contributed by atoms with E-state index in [2.05, 4.69) is 5.32 Å². The highest BCUT2D eigenvalue weighted by Crippen LogP contribution is 1.92. The number of carbonyl (C=O) groups is 1. The first-order valence-corrected chi connectivity index (χ1v) is 3.60. The van der Waals surface area contributed by atoms with E-state index < -0.39 is 12.0 Å². The molecule has 0 heterocycles. The minimum Gasteiger partial charge on any atom is -0.480 e. The summed E-state index contributed by atoms with van der Waals surface area (Å²) < 4.78 is 0. The lowest BCUT2D eigenvalue weighted by atomic mass is 10.2. The number of carboxylic acid groups (broad SMARTS) is 1. The Morgan fingerprint density at radius 2 is 2.15 bits per heavy atom. The highest BCUT2D eigenvalue weighted by atomic mass is 19.0. The van der Waals surface area contributed by atoms with Gasteiger partial charge >= 0.3 is 5.97 Å². The van der Waals surface area contributed by atoms with E-state index in [0.717, 1.165) is 0 Å². The van der Waals surface area contributed by atoms with Gasteiger partial charge < -0.3 is 21.9 Å². The standard InChI is InChI=1S/C6H14N4O2.FH/c7-4(5(11)12)2-1-3-10-6(8)9;/h4H,1-3,7H2,(H,11,12)(H4,8,9,10);1H/t4-;/m0./s1. The van der Waals surface area contributed by atoms with Crippen LogP contribution < -0.4 is 16.8 Å². The second-order valence-electron chi connectivity index (χ2n) is 2.43. The van der Waals surface area contributed by atoms with Gasteiger partial charge in [-0.1, -0.05) is 0 Å². The van der Waals surface area contributed by atoms with Gasteiger partial charge in [-0.2, -0.15) is 0 Å². The first-order chi connectivity index (χ1) is 5.54. The monoisotopic (exact) mass is 194 g/mol. The Morgan fingerprint density at radius 1 is 1.62 bits per heavy atom. The summed E-state index contributed by atoms with van der Waals surface area (Å²) in [6.45, 7) is 0.482. The number of aliphatic carboxylic acids is 1. The largest absolute Gasteiger partial charge is 0.480 e. The summed E-state index contributed by atoms with van der Waals surface area (Å²) in [5.74, 6) is -1.11. The molecule has 0 saturated carbocycles. The van der Waals surface area contributed by atoms with Gasteiger partial charge in [0.25, 0.3) is 0 Å². The van der Waals surface area contributed by atoms with Gasteiger partial charge in [0, 0.05) is 6.54 Å². The Morgan fingerprint density at radius 3 is 2.54 bits per heavy atom. The van der Waals surface area contributed by atoms with Crippen molar-refractivity contribution in [1.29, 1.82) is 5.41 Å². The van der Waals surface area contributed by atoms with Crippen molar-refractivity contribution in [3.05, 3.63) is 0 Å². The fraction of sp³-hybridized carbons (Fsp3) is 0.667. The lowest BCUT2D eigenvalue weighted by Crippen LogP contribution is -2.34. The maximum Gasteiger partial charge on any atom is 0.320 e. The van der Waals surface area contributed by atoms with Crippen LogP contribution in [0.1, 0.15) is 12.8 Å². The number of nitrogens with two attached hydrogens (primary N) is 2. The van der Waals surface area contributed by atoms with Gasteiger partial charge in [-0.3, -0.25) is 14.9 Å². The number of halogens is 1. The summed E-state index contributed by atoms with van der Waals surface area (Å²) in [5.41, 5.74) is 10.2.